The maximum absolute atomic E-state index is 11.4. The van der Waals surface area contributed by atoms with Crippen LogP contribution in [-0.2, 0) is 11.3 Å². The van der Waals surface area contributed by atoms with E-state index in [1.54, 1.807) is 33.5 Å². The number of carboxylic acids is 1. The Bertz CT molecular complexity index is 1100. The fourth-order valence-electron chi connectivity index (χ4n) is 3.64. The van der Waals surface area contributed by atoms with Crippen LogP contribution in [-0.4, -0.2) is 25.3 Å². The lowest BCUT2D eigenvalue weighted by molar-refractivity contribution is -0.132. The van der Waals surface area contributed by atoms with Gasteiger partial charge >= 0.3 is 5.97 Å². The molecule has 0 bridgehead atoms. The monoisotopic (exact) mass is 421 g/mol. The minimum atomic E-state index is -0.972. The average Bonchev–Trinajstić information content (AvgIpc) is 3.28. The normalized spacial score (nSPS) is 11.3. The first-order valence-corrected chi connectivity index (χ1v) is 9.90. The summed E-state index contributed by atoms with van der Waals surface area (Å²) in [7, 11) is 3.21. The van der Waals surface area contributed by atoms with Crippen molar-refractivity contribution >= 4 is 17.7 Å². The highest BCUT2D eigenvalue weighted by Crippen LogP contribution is 2.44. The molecule has 3 aromatic rings. The van der Waals surface area contributed by atoms with Crippen molar-refractivity contribution in [2.24, 2.45) is 0 Å². The number of benzene rings is 2. The summed E-state index contributed by atoms with van der Waals surface area (Å²) >= 11 is 0. The maximum Gasteiger partial charge on any atom is 0.331 e. The first kappa shape index (κ1) is 22.0. The highest BCUT2D eigenvalue weighted by atomic mass is 16.5. The topological polar surface area (TPSA) is 80.9 Å². The number of rotatable bonds is 8. The van der Waals surface area contributed by atoms with Crippen LogP contribution in [0.4, 0.5) is 5.69 Å². The van der Waals surface area contributed by atoms with Gasteiger partial charge in [0.2, 0.25) is 0 Å². The van der Waals surface area contributed by atoms with Crippen LogP contribution >= 0.6 is 0 Å². The number of carbonyl (C=O) groups is 1. The SMILES string of the molecule is COc1c(C)c(-c2ccc(NCc3ccco3)cc2)c(OC)c(C)c1C=C(C)C(=O)O. The maximum atomic E-state index is 11.4. The molecule has 0 aliphatic carbocycles. The third-order valence-corrected chi connectivity index (χ3v) is 5.26. The Labute approximate surface area is 182 Å². The lowest BCUT2D eigenvalue weighted by atomic mass is 9.91. The molecule has 1 aromatic heterocycles. The summed E-state index contributed by atoms with van der Waals surface area (Å²) in [6, 6.07) is 11.8. The molecular weight excluding hydrogens is 394 g/mol. The van der Waals surface area contributed by atoms with E-state index in [4.69, 9.17) is 13.9 Å². The Morgan fingerprint density at radius 1 is 1.06 bits per heavy atom. The summed E-state index contributed by atoms with van der Waals surface area (Å²) in [5.74, 6) is 1.22. The van der Waals surface area contributed by atoms with Gasteiger partial charge in [-0.3, -0.25) is 0 Å². The van der Waals surface area contributed by atoms with Crippen molar-refractivity contribution in [1.29, 1.82) is 0 Å². The van der Waals surface area contributed by atoms with Crippen LogP contribution in [0.3, 0.4) is 0 Å². The fourth-order valence-corrected chi connectivity index (χ4v) is 3.64. The molecule has 31 heavy (non-hydrogen) atoms. The average molecular weight is 421 g/mol. The number of hydrogen-bond acceptors (Lipinski definition) is 5. The second kappa shape index (κ2) is 9.43. The summed E-state index contributed by atoms with van der Waals surface area (Å²) in [4.78, 5) is 11.4. The summed E-state index contributed by atoms with van der Waals surface area (Å²) in [5.41, 5.74) is 5.49. The van der Waals surface area contributed by atoms with Crippen molar-refractivity contribution in [1.82, 2.24) is 0 Å². The van der Waals surface area contributed by atoms with Crippen molar-refractivity contribution in [2.75, 3.05) is 19.5 Å². The summed E-state index contributed by atoms with van der Waals surface area (Å²) in [6.45, 7) is 6.02. The number of ether oxygens (including phenoxy) is 2. The molecule has 0 atom stereocenters. The lowest BCUT2D eigenvalue weighted by Crippen LogP contribution is -2.03. The van der Waals surface area contributed by atoms with Gasteiger partial charge in [-0.15, -0.1) is 0 Å². The van der Waals surface area contributed by atoms with Crippen LogP contribution in [0, 0.1) is 13.8 Å². The van der Waals surface area contributed by atoms with E-state index < -0.39 is 5.97 Å². The summed E-state index contributed by atoms with van der Waals surface area (Å²) in [6.07, 6.45) is 3.28. The smallest absolute Gasteiger partial charge is 0.331 e. The number of nitrogens with one attached hydrogen (secondary N) is 1. The molecular formula is C25H27NO5. The largest absolute Gasteiger partial charge is 0.496 e. The molecule has 0 fully saturated rings. The highest BCUT2D eigenvalue weighted by molar-refractivity contribution is 5.93. The third kappa shape index (κ3) is 4.58. The fraction of sp³-hybridized carbons (Fsp3) is 0.240. The lowest BCUT2D eigenvalue weighted by Gasteiger charge is -2.21. The predicted octanol–water partition coefficient (Wildman–Crippen LogP) is 5.68. The van der Waals surface area contributed by atoms with Gasteiger partial charge in [-0.1, -0.05) is 12.1 Å². The molecule has 0 radical (unpaired) electrons. The highest BCUT2D eigenvalue weighted by Gasteiger charge is 2.22. The van der Waals surface area contributed by atoms with Gasteiger partial charge in [-0.25, -0.2) is 4.79 Å². The molecule has 0 spiro atoms. The van der Waals surface area contributed by atoms with Gasteiger partial charge in [0.25, 0.3) is 0 Å². The van der Waals surface area contributed by atoms with E-state index >= 15 is 0 Å². The standard InChI is InChI=1S/C25H27NO5/c1-15(25(27)28)13-21-16(2)24(30-5)22(17(3)23(21)29-4)18-8-10-19(11-9-18)26-14-20-7-6-12-31-20/h6-13,26H,14H2,1-5H3,(H,27,28). The Kier molecular flexibility index (Phi) is 6.70. The van der Waals surface area contributed by atoms with Gasteiger partial charge in [-0.05, 0) is 56.7 Å². The predicted molar refractivity (Wildman–Crippen MR) is 122 cm³/mol. The van der Waals surface area contributed by atoms with Gasteiger partial charge in [0.05, 0.1) is 27.0 Å². The van der Waals surface area contributed by atoms with E-state index in [0.29, 0.717) is 23.6 Å². The van der Waals surface area contributed by atoms with Crippen molar-refractivity contribution < 1.29 is 23.8 Å². The molecule has 162 valence electrons. The number of carboxylic acid groups (broad SMARTS) is 1. The number of methoxy groups -OCH3 is 2. The summed E-state index contributed by atoms with van der Waals surface area (Å²) < 4.78 is 16.8. The van der Waals surface area contributed by atoms with Gasteiger partial charge < -0.3 is 24.3 Å². The van der Waals surface area contributed by atoms with E-state index in [2.05, 4.69) is 5.32 Å². The molecule has 0 aliphatic rings. The van der Waals surface area contributed by atoms with Gasteiger partial charge in [0.15, 0.2) is 0 Å². The van der Waals surface area contributed by atoms with Crippen molar-refractivity contribution in [3.05, 3.63) is 70.7 Å². The zero-order valence-corrected chi connectivity index (χ0v) is 18.4. The van der Waals surface area contributed by atoms with Crippen molar-refractivity contribution in [2.45, 2.75) is 27.3 Å². The number of anilines is 1. The van der Waals surface area contributed by atoms with E-state index in [1.165, 1.54) is 0 Å². The summed E-state index contributed by atoms with van der Waals surface area (Å²) in [5, 5.41) is 12.6. The minimum Gasteiger partial charge on any atom is -0.496 e. The number of hydrogen-bond donors (Lipinski definition) is 2. The second-order valence-corrected chi connectivity index (χ2v) is 7.25. The molecule has 6 heteroatoms. The molecule has 2 N–H and O–H groups in total. The quantitative estimate of drug-likeness (QED) is 0.456. The third-order valence-electron chi connectivity index (χ3n) is 5.26. The van der Waals surface area contributed by atoms with Crippen LogP contribution in [0.15, 0.2) is 52.7 Å². The van der Waals surface area contributed by atoms with E-state index in [0.717, 1.165) is 33.7 Å². The van der Waals surface area contributed by atoms with Crippen LogP contribution in [0.1, 0.15) is 29.4 Å². The van der Waals surface area contributed by atoms with Crippen molar-refractivity contribution in [3.63, 3.8) is 0 Å². The first-order valence-electron chi connectivity index (χ1n) is 9.90. The Hall–Kier alpha value is -3.67. The number of aliphatic carboxylic acids is 1. The van der Waals surface area contributed by atoms with E-state index in [1.807, 2.05) is 50.2 Å². The zero-order chi connectivity index (χ0) is 22.5. The van der Waals surface area contributed by atoms with Crippen LogP contribution in [0.5, 0.6) is 11.5 Å². The van der Waals surface area contributed by atoms with Crippen LogP contribution < -0.4 is 14.8 Å². The molecule has 0 amide bonds. The molecule has 3 rings (SSSR count). The van der Waals surface area contributed by atoms with E-state index in [9.17, 15) is 9.90 Å². The van der Waals surface area contributed by atoms with Crippen LogP contribution in [0.2, 0.25) is 0 Å². The molecule has 1 heterocycles. The van der Waals surface area contributed by atoms with Gasteiger partial charge in [0, 0.05) is 33.5 Å². The molecule has 2 aromatic carbocycles. The molecule has 0 saturated heterocycles. The molecule has 6 nitrogen and oxygen atoms in total. The second-order valence-electron chi connectivity index (χ2n) is 7.25. The minimum absolute atomic E-state index is 0.225. The molecule has 0 aliphatic heterocycles. The Morgan fingerprint density at radius 2 is 1.74 bits per heavy atom. The van der Waals surface area contributed by atoms with Gasteiger partial charge in [-0.2, -0.15) is 0 Å². The zero-order valence-electron chi connectivity index (χ0n) is 18.4. The van der Waals surface area contributed by atoms with Gasteiger partial charge in [0.1, 0.15) is 17.3 Å². The Balaban J connectivity index is 2.03. The Morgan fingerprint density at radius 3 is 2.29 bits per heavy atom. The van der Waals surface area contributed by atoms with Crippen molar-refractivity contribution in [3.8, 4) is 22.6 Å². The molecule has 0 unspecified atom stereocenters. The first-order chi connectivity index (χ1) is 14.9. The van der Waals surface area contributed by atoms with E-state index in [-0.39, 0.29) is 5.57 Å². The number of furan rings is 1. The van der Waals surface area contributed by atoms with Crippen LogP contribution in [0.25, 0.3) is 17.2 Å². The molecule has 0 saturated carbocycles.